The number of aromatic hydroxyl groups is 1. The number of rotatable bonds is 3. The lowest BCUT2D eigenvalue weighted by Gasteiger charge is -2.53. The third-order valence-electron chi connectivity index (χ3n) is 8.64. The molecular weight excluding hydrogens is 466 g/mol. The normalized spacial score (nSPS) is 34.4. The molecule has 3 aliphatic carbocycles. The molecular formula is C26H33N3O7. The summed E-state index contributed by atoms with van der Waals surface area (Å²) in [5.41, 5.74) is 4.01. The van der Waals surface area contributed by atoms with Crippen LogP contribution in [0.4, 0.5) is 5.69 Å². The van der Waals surface area contributed by atoms with Crippen LogP contribution in [0.3, 0.4) is 0 Å². The number of carbonyl (C=O) groups excluding carboxylic acids is 3. The molecule has 194 valence electrons. The minimum Gasteiger partial charge on any atom is -0.507 e. The minimum absolute atomic E-state index is 0.118. The SMILES string of the molecule is CN(C)C1C(O)C(C(N)=O)C(=O)[C@]2(O)C(=O)C3=C(O)c4c(ccc(N5CCCCC5)c4O)C[C@@H]3C[C@H]12. The number of anilines is 1. The first-order valence-electron chi connectivity index (χ1n) is 12.5. The third kappa shape index (κ3) is 3.31. The highest BCUT2D eigenvalue weighted by Gasteiger charge is 2.67. The van der Waals surface area contributed by atoms with Crippen LogP contribution in [0.2, 0.25) is 0 Å². The summed E-state index contributed by atoms with van der Waals surface area (Å²) in [7, 11) is 3.26. The highest BCUT2D eigenvalue weighted by molar-refractivity contribution is 6.25. The Kier molecular flexibility index (Phi) is 5.89. The van der Waals surface area contributed by atoms with E-state index in [2.05, 4.69) is 0 Å². The number of carbonyl (C=O) groups is 3. The van der Waals surface area contributed by atoms with E-state index in [1.165, 1.54) is 0 Å². The van der Waals surface area contributed by atoms with Crippen molar-refractivity contribution in [1.29, 1.82) is 0 Å². The zero-order chi connectivity index (χ0) is 26.1. The fourth-order valence-electron chi connectivity index (χ4n) is 6.96. The highest BCUT2D eigenvalue weighted by atomic mass is 16.3. The molecule has 10 heteroatoms. The molecule has 1 aliphatic heterocycles. The Balaban J connectivity index is 1.63. The number of nitrogens with two attached hydrogens (primary N) is 1. The fraction of sp³-hybridized carbons (Fsp3) is 0.577. The number of amides is 1. The molecule has 0 spiro atoms. The molecule has 1 aromatic carbocycles. The summed E-state index contributed by atoms with van der Waals surface area (Å²) in [4.78, 5) is 42.9. The molecule has 1 amide bonds. The topological polar surface area (TPSA) is 165 Å². The second-order valence-corrected chi connectivity index (χ2v) is 10.8. The van der Waals surface area contributed by atoms with E-state index in [1.54, 1.807) is 19.0 Å². The molecule has 3 unspecified atom stereocenters. The van der Waals surface area contributed by atoms with Crippen molar-refractivity contribution in [1.82, 2.24) is 4.90 Å². The number of phenols is 1. The molecule has 4 aliphatic rings. The average molecular weight is 500 g/mol. The van der Waals surface area contributed by atoms with Gasteiger partial charge in [0.25, 0.3) is 0 Å². The van der Waals surface area contributed by atoms with Crippen molar-refractivity contribution in [3.05, 3.63) is 28.8 Å². The van der Waals surface area contributed by atoms with Gasteiger partial charge in [-0.05, 0) is 63.7 Å². The smallest absolute Gasteiger partial charge is 0.230 e. The molecule has 3 fully saturated rings. The number of phenolic OH excluding ortho intramolecular Hbond substituents is 1. The number of primary amides is 1. The number of hydrogen-bond donors (Lipinski definition) is 5. The Morgan fingerprint density at radius 1 is 1.14 bits per heavy atom. The number of fused-ring (bicyclic) bond motifs is 3. The maximum atomic E-state index is 13.9. The number of likely N-dealkylation sites (N-methyl/N-ethyl adjacent to an activating group) is 1. The molecule has 10 nitrogen and oxygen atoms in total. The third-order valence-corrected chi connectivity index (χ3v) is 8.64. The summed E-state index contributed by atoms with van der Waals surface area (Å²) in [6.45, 7) is 1.54. The number of ketones is 2. The second kappa shape index (κ2) is 8.57. The first-order valence-corrected chi connectivity index (χ1v) is 12.5. The van der Waals surface area contributed by atoms with E-state index in [4.69, 9.17) is 5.73 Å². The molecule has 1 saturated heterocycles. The van der Waals surface area contributed by atoms with Crippen molar-refractivity contribution >= 4 is 28.9 Å². The maximum Gasteiger partial charge on any atom is 0.230 e. The zero-order valence-corrected chi connectivity index (χ0v) is 20.5. The Morgan fingerprint density at radius 2 is 1.81 bits per heavy atom. The molecule has 0 radical (unpaired) electrons. The fourth-order valence-corrected chi connectivity index (χ4v) is 6.96. The summed E-state index contributed by atoms with van der Waals surface area (Å²) >= 11 is 0. The quantitative estimate of drug-likeness (QED) is 0.363. The lowest BCUT2D eigenvalue weighted by atomic mass is 9.54. The van der Waals surface area contributed by atoms with Gasteiger partial charge in [0.15, 0.2) is 11.4 Å². The van der Waals surface area contributed by atoms with Crippen LogP contribution >= 0.6 is 0 Å². The molecule has 1 heterocycles. The number of aliphatic hydroxyl groups is 3. The van der Waals surface area contributed by atoms with Crippen molar-refractivity contribution in [2.24, 2.45) is 23.5 Å². The van der Waals surface area contributed by atoms with E-state index in [0.717, 1.165) is 32.4 Å². The van der Waals surface area contributed by atoms with Gasteiger partial charge in [-0.15, -0.1) is 0 Å². The van der Waals surface area contributed by atoms with E-state index in [-0.39, 0.29) is 23.3 Å². The molecule has 1 aromatic rings. The molecule has 5 rings (SSSR count). The Morgan fingerprint density at radius 3 is 2.42 bits per heavy atom. The van der Waals surface area contributed by atoms with Crippen LogP contribution in [0.1, 0.15) is 36.8 Å². The summed E-state index contributed by atoms with van der Waals surface area (Å²) in [6.07, 6.45) is 2.02. The van der Waals surface area contributed by atoms with Crippen LogP contribution in [0.25, 0.3) is 5.76 Å². The van der Waals surface area contributed by atoms with Gasteiger partial charge >= 0.3 is 0 Å². The lowest BCUT2D eigenvalue weighted by Crippen LogP contribution is -2.73. The van der Waals surface area contributed by atoms with Gasteiger partial charge in [0.05, 0.1) is 17.4 Å². The van der Waals surface area contributed by atoms with Crippen molar-refractivity contribution in [3.8, 4) is 5.75 Å². The number of piperidine rings is 1. The number of Topliss-reactive ketones (excluding diaryl/α,β-unsaturated/α-hetero) is 2. The Bertz CT molecular complexity index is 1170. The van der Waals surface area contributed by atoms with Crippen LogP contribution in [0, 0.1) is 17.8 Å². The zero-order valence-electron chi connectivity index (χ0n) is 20.5. The number of benzene rings is 1. The molecule has 0 aromatic heterocycles. The minimum atomic E-state index is -2.63. The van der Waals surface area contributed by atoms with Gasteiger partial charge in [-0.2, -0.15) is 0 Å². The largest absolute Gasteiger partial charge is 0.507 e. The van der Waals surface area contributed by atoms with Crippen LogP contribution in [0.5, 0.6) is 5.75 Å². The molecule has 2 saturated carbocycles. The van der Waals surface area contributed by atoms with Gasteiger partial charge in [0.2, 0.25) is 11.7 Å². The van der Waals surface area contributed by atoms with Gasteiger partial charge < -0.3 is 36.0 Å². The molecule has 6 N–H and O–H groups in total. The van der Waals surface area contributed by atoms with Crippen molar-refractivity contribution in [2.75, 3.05) is 32.1 Å². The molecule has 0 bridgehead atoms. The standard InChI is InChI=1S/C26H33N3O7/c1-28(2)19-14-11-13-10-12-6-7-15(29-8-4-3-5-9-29)20(30)16(12)21(31)17(13)23(33)26(14,36)24(34)18(22(19)32)25(27)35/h6-7,13-14,18-19,22,30-32,36H,3-5,8-11H2,1-2H3,(H2,27,35)/t13-,14-,18?,19?,22?,26-/m1/s1. The monoisotopic (exact) mass is 499 g/mol. The van der Waals surface area contributed by atoms with Gasteiger partial charge in [-0.25, -0.2) is 0 Å². The first kappa shape index (κ1) is 24.7. The first-order chi connectivity index (χ1) is 17.0. The summed E-state index contributed by atoms with van der Waals surface area (Å²) in [6, 6.07) is 2.77. The van der Waals surface area contributed by atoms with Gasteiger partial charge in [0, 0.05) is 30.6 Å². The van der Waals surface area contributed by atoms with E-state index in [9.17, 15) is 34.8 Å². The summed E-state index contributed by atoms with van der Waals surface area (Å²) < 4.78 is 0. The number of aliphatic hydroxyl groups excluding tert-OH is 2. The predicted octanol–water partition coefficient (Wildman–Crippen LogP) is 0.119. The van der Waals surface area contributed by atoms with Crippen molar-refractivity contribution in [3.63, 3.8) is 0 Å². The van der Waals surface area contributed by atoms with Crippen LogP contribution in [-0.2, 0) is 20.8 Å². The van der Waals surface area contributed by atoms with Crippen LogP contribution in [-0.4, -0.2) is 87.7 Å². The Hall–Kier alpha value is -2.95. The van der Waals surface area contributed by atoms with Gasteiger partial charge in [-0.3, -0.25) is 14.4 Å². The summed E-state index contributed by atoms with van der Waals surface area (Å²) in [5.74, 6) is -7.17. The van der Waals surface area contributed by atoms with E-state index in [1.807, 2.05) is 17.0 Å². The summed E-state index contributed by atoms with van der Waals surface area (Å²) in [5, 5.41) is 45.0. The maximum absolute atomic E-state index is 13.9. The number of hydrogen-bond acceptors (Lipinski definition) is 9. The average Bonchev–Trinajstić information content (AvgIpc) is 2.81. The predicted molar refractivity (Wildman–Crippen MR) is 130 cm³/mol. The number of nitrogens with zero attached hydrogens (tertiary/aromatic N) is 2. The lowest BCUT2D eigenvalue weighted by molar-refractivity contribution is -0.184. The van der Waals surface area contributed by atoms with Gasteiger partial charge in [0.1, 0.15) is 17.4 Å². The van der Waals surface area contributed by atoms with Crippen molar-refractivity contribution < 1.29 is 34.8 Å². The molecule has 6 atom stereocenters. The van der Waals surface area contributed by atoms with Crippen molar-refractivity contribution in [2.45, 2.75) is 49.9 Å². The Labute approximate surface area is 209 Å². The molecule has 36 heavy (non-hydrogen) atoms. The van der Waals surface area contributed by atoms with E-state index < -0.39 is 58.7 Å². The second-order valence-electron chi connectivity index (χ2n) is 10.8. The van der Waals surface area contributed by atoms with Crippen LogP contribution in [0.15, 0.2) is 17.7 Å². The van der Waals surface area contributed by atoms with E-state index >= 15 is 0 Å². The van der Waals surface area contributed by atoms with Crippen LogP contribution < -0.4 is 10.6 Å². The van der Waals surface area contributed by atoms with Gasteiger partial charge in [-0.1, -0.05) is 6.07 Å². The van der Waals surface area contributed by atoms with E-state index in [0.29, 0.717) is 17.7 Å². The highest BCUT2D eigenvalue weighted by Crippen LogP contribution is 2.53.